The monoisotopic (exact) mass is 613 g/mol. The topological polar surface area (TPSA) is 116 Å². The zero-order valence-corrected chi connectivity index (χ0v) is 24.1. The first-order chi connectivity index (χ1) is 19.3. The maximum absolute atomic E-state index is 13.9. The van der Waals surface area contributed by atoms with Gasteiger partial charge in [0.15, 0.2) is 0 Å². The van der Waals surface area contributed by atoms with Crippen LogP contribution >= 0.6 is 11.6 Å². The summed E-state index contributed by atoms with van der Waals surface area (Å²) < 4.78 is 68.1. The number of nitrogens with one attached hydrogen (secondary N) is 1. The first-order valence-corrected chi connectivity index (χ1v) is 15.3. The number of piperidine rings is 1. The van der Waals surface area contributed by atoms with Gasteiger partial charge in [-0.1, -0.05) is 17.7 Å². The van der Waals surface area contributed by atoms with Crippen LogP contribution in [0, 0.1) is 0 Å². The number of aromatic nitrogens is 4. The van der Waals surface area contributed by atoms with Gasteiger partial charge in [0.2, 0.25) is 16.0 Å². The molecule has 1 unspecified atom stereocenters. The predicted octanol–water partition coefficient (Wildman–Crippen LogP) is 3.79. The summed E-state index contributed by atoms with van der Waals surface area (Å²) in [7, 11) is -3.31. The van der Waals surface area contributed by atoms with Gasteiger partial charge in [-0.05, 0) is 43.9 Å². The molecular weight excluding hydrogens is 583 g/mol. The number of aliphatic hydroxyl groups is 1. The number of anilines is 1. The fourth-order valence-corrected chi connectivity index (χ4v) is 6.30. The van der Waals surface area contributed by atoms with Crippen molar-refractivity contribution in [1.82, 2.24) is 28.7 Å². The van der Waals surface area contributed by atoms with E-state index in [4.69, 9.17) is 11.6 Å². The van der Waals surface area contributed by atoms with Crippen LogP contribution in [0.25, 0.3) is 17.1 Å². The fraction of sp³-hybridized carbons (Fsp3) is 0.500. The molecule has 1 atom stereocenters. The minimum atomic E-state index is -4.71. The summed E-state index contributed by atoms with van der Waals surface area (Å²) in [4.78, 5) is 14.4. The van der Waals surface area contributed by atoms with Crippen molar-refractivity contribution in [1.29, 1.82) is 0 Å². The molecule has 0 spiro atoms. The summed E-state index contributed by atoms with van der Waals surface area (Å²) in [5.74, 6) is 0.00335. The Morgan fingerprint density at radius 2 is 1.93 bits per heavy atom. The summed E-state index contributed by atoms with van der Waals surface area (Å²) in [6, 6.07) is 5.27. The molecule has 2 fully saturated rings. The number of halogens is 4. The van der Waals surface area contributed by atoms with Gasteiger partial charge in [0, 0.05) is 50.2 Å². The van der Waals surface area contributed by atoms with E-state index in [9.17, 15) is 26.7 Å². The van der Waals surface area contributed by atoms with E-state index in [2.05, 4.69) is 25.2 Å². The molecule has 1 aromatic carbocycles. The zero-order valence-electron chi connectivity index (χ0n) is 22.6. The Kier molecular flexibility index (Phi) is 8.07. The van der Waals surface area contributed by atoms with Crippen LogP contribution in [0.15, 0.2) is 36.9 Å². The summed E-state index contributed by atoms with van der Waals surface area (Å²) >= 11 is 6.57. The SMILES string of the molecule is CC1(CO)CCN1Cc1ccc(-n2cnc(-c3nc(NC4CCN(S(C)(=O)=O)CC4)ncc3C(F)(F)F)c2)c(Cl)c1. The molecule has 0 bridgehead atoms. The van der Waals surface area contributed by atoms with Crippen LogP contribution in [0.1, 0.15) is 37.3 Å². The van der Waals surface area contributed by atoms with Gasteiger partial charge < -0.3 is 15.0 Å². The zero-order chi connectivity index (χ0) is 29.6. The van der Waals surface area contributed by atoms with Gasteiger partial charge in [0.1, 0.15) is 23.3 Å². The second-order valence-electron chi connectivity index (χ2n) is 10.8. The van der Waals surface area contributed by atoms with Gasteiger partial charge in [-0.25, -0.2) is 27.7 Å². The lowest BCUT2D eigenvalue weighted by atomic mass is 9.87. The third-order valence-electron chi connectivity index (χ3n) is 7.86. The first kappa shape index (κ1) is 29.7. The highest BCUT2D eigenvalue weighted by Crippen LogP contribution is 2.37. The highest BCUT2D eigenvalue weighted by molar-refractivity contribution is 7.88. The van der Waals surface area contributed by atoms with Gasteiger partial charge in [0.05, 0.1) is 23.6 Å². The van der Waals surface area contributed by atoms with Gasteiger partial charge in [0.25, 0.3) is 0 Å². The summed E-state index contributed by atoms with van der Waals surface area (Å²) in [6.45, 7) is 4.16. The second-order valence-corrected chi connectivity index (χ2v) is 13.2. The number of nitrogens with zero attached hydrogens (tertiary/aromatic N) is 6. The number of sulfonamides is 1. The fourth-order valence-electron chi connectivity index (χ4n) is 5.12. The summed E-state index contributed by atoms with van der Waals surface area (Å²) in [5.41, 5.74) is -0.166. The van der Waals surface area contributed by atoms with Crippen molar-refractivity contribution in [2.45, 2.75) is 50.5 Å². The predicted molar refractivity (Wildman–Crippen MR) is 148 cm³/mol. The lowest BCUT2D eigenvalue weighted by molar-refractivity contribution is -0.137. The standard InChI is InChI=1S/C26H31ClF3N7O3S/c1-25(15-38)7-10-36(25)13-17-3-4-22(20(27)11-17)35-14-21(32-16-35)23-19(26(28,29)30)12-31-24(34-23)33-18-5-8-37(9-6-18)41(2,39)40/h3-4,11-12,14,16,18,38H,5-10,13,15H2,1-2H3,(H,31,33,34). The third kappa shape index (κ3) is 6.36. The van der Waals surface area contributed by atoms with E-state index in [1.54, 1.807) is 16.7 Å². The second kappa shape index (κ2) is 11.1. The van der Waals surface area contributed by atoms with E-state index in [0.717, 1.165) is 31.0 Å². The molecule has 0 aliphatic carbocycles. The molecule has 3 aromatic rings. The van der Waals surface area contributed by atoms with Crippen molar-refractivity contribution in [3.05, 3.63) is 53.1 Å². The molecule has 222 valence electrons. The molecule has 0 saturated carbocycles. The number of hydrogen-bond donors (Lipinski definition) is 2. The van der Waals surface area contributed by atoms with Crippen LogP contribution in [0.5, 0.6) is 0 Å². The van der Waals surface area contributed by atoms with E-state index in [0.29, 0.717) is 43.2 Å². The number of aliphatic hydroxyl groups excluding tert-OH is 1. The quantitative estimate of drug-likeness (QED) is 0.394. The molecule has 2 aliphatic rings. The summed E-state index contributed by atoms with van der Waals surface area (Å²) in [5, 5.41) is 13.1. The van der Waals surface area contributed by atoms with Crippen molar-refractivity contribution in [2.24, 2.45) is 0 Å². The third-order valence-corrected chi connectivity index (χ3v) is 9.47. The van der Waals surface area contributed by atoms with Gasteiger partial charge in [-0.15, -0.1) is 0 Å². The maximum Gasteiger partial charge on any atom is 0.420 e. The van der Waals surface area contributed by atoms with Crippen LogP contribution in [0.2, 0.25) is 5.02 Å². The number of imidazole rings is 1. The molecule has 2 saturated heterocycles. The molecule has 4 heterocycles. The minimum absolute atomic E-state index is 0.00335. The number of benzene rings is 1. The van der Waals surface area contributed by atoms with E-state index in [1.807, 2.05) is 13.0 Å². The van der Waals surface area contributed by atoms with E-state index >= 15 is 0 Å². The highest BCUT2D eigenvalue weighted by atomic mass is 35.5. The van der Waals surface area contributed by atoms with Crippen LogP contribution < -0.4 is 5.32 Å². The molecule has 2 aliphatic heterocycles. The lowest BCUT2D eigenvalue weighted by Crippen LogP contribution is -2.59. The van der Waals surface area contributed by atoms with Crippen molar-refractivity contribution in [2.75, 3.05) is 37.8 Å². The van der Waals surface area contributed by atoms with Crippen molar-refractivity contribution in [3.8, 4) is 17.1 Å². The van der Waals surface area contributed by atoms with E-state index in [-0.39, 0.29) is 35.5 Å². The molecule has 0 amide bonds. The molecule has 2 N–H and O–H groups in total. The molecule has 10 nitrogen and oxygen atoms in total. The van der Waals surface area contributed by atoms with Gasteiger partial charge in [-0.3, -0.25) is 4.90 Å². The van der Waals surface area contributed by atoms with Gasteiger partial charge in [-0.2, -0.15) is 13.2 Å². The Morgan fingerprint density at radius 1 is 1.20 bits per heavy atom. The number of likely N-dealkylation sites (tertiary alicyclic amines) is 1. The highest BCUT2D eigenvalue weighted by Gasteiger charge is 2.39. The van der Waals surface area contributed by atoms with Crippen LogP contribution in [0.3, 0.4) is 0 Å². The molecular formula is C26H31ClF3N7O3S. The number of hydrogen-bond acceptors (Lipinski definition) is 8. The molecule has 41 heavy (non-hydrogen) atoms. The lowest BCUT2D eigenvalue weighted by Gasteiger charge is -2.49. The Labute approximate surface area is 241 Å². The molecule has 0 radical (unpaired) electrons. The molecule has 15 heteroatoms. The van der Waals surface area contributed by atoms with Crippen LogP contribution in [-0.4, -0.2) is 86.3 Å². The number of rotatable bonds is 8. The molecule has 2 aromatic heterocycles. The Balaban J connectivity index is 1.36. The van der Waals surface area contributed by atoms with Crippen molar-refractivity contribution in [3.63, 3.8) is 0 Å². The maximum atomic E-state index is 13.9. The average molecular weight is 614 g/mol. The Bertz CT molecular complexity index is 1520. The molecule has 5 rings (SSSR count). The smallest absolute Gasteiger partial charge is 0.394 e. The van der Waals surface area contributed by atoms with Gasteiger partial charge >= 0.3 is 6.18 Å². The average Bonchev–Trinajstić information content (AvgIpc) is 3.40. The van der Waals surface area contributed by atoms with Crippen molar-refractivity contribution >= 4 is 27.6 Å². The van der Waals surface area contributed by atoms with E-state index in [1.165, 1.54) is 16.8 Å². The number of alkyl halides is 3. The van der Waals surface area contributed by atoms with E-state index < -0.39 is 21.8 Å². The Morgan fingerprint density at radius 3 is 2.51 bits per heavy atom. The summed E-state index contributed by atoms with van der Waals surface area (Å²) in [6.07, 6.45) is 1.82. The normalized spacial score (nSPS) is 21.1. The first-order valence-electron chi connectivity index (χ1n) is 13.1. The largest absolute Gasteiger partial charge is 0.420 e. The van der Waals surface area contributed by atoms with Crippen LogP contribution in [0.4, 0.5) is 19.1 Å². The van der Waals surface area contributed by atoms with Crippen molar-refractivity contribution < 1.29 is 26.7 Å². The minimum Gasteiger partial charge on any atom is -0.394 e. The van der Waals surface area contributed by atoms with Crippen LogP contribution in [-0.2, 0) is 22.7 Å². The Hall–Kier alpha value is -2.78.